The van der Waals surface area contributed by atoms with E-state index < -0.39 is 16.1 Å². The summed E-state index contributed by atoms with van der Waals surface area (Å²) < 4.78 is 33.5. The van der Waals surface area contributed by atoms with Gasteiger partial charge < -0.3 is 4.42 Å². The Balaban J connectivity index is 1.30. The summed E-state index contributed by atoms with van der Waals surface area (Å²) in [6.07, 6.45) is 3.63. The Morgan fingerprint density at radius 1 is 1.06 bits per heavy atom. The van der Waals surface area contributed by atoms with E-state index >= 15 is 0 Å². The standard InChI is InChI=1S/C27H26N2O4S/c1-19-8-10-20(11-9-19)21-14-15-28-23(17-21)12-13-25(30)24-6-4-16-29(24)34(31,32)27-18-22-5-2-3-7-26(22)33-27/h2-3,5,7-11,14-15,17-18,24H,4,6,12-13,16H2,1H3/t24-/m0/s1. The number of Topliss-reactive ketones (excluding diaryl/α,β-unsaturated/α-hetero) is 1. The van der Waals surface area contributed by atoms with E-state index in [-0.39, 0.29) is 17.3 Å². The van der Waals surface area contributed by atoms with Crippen molar-refractivity contribution in [2.45, 2.75) is 43.7 Å². The number of ketones is 1. The van der Waals surface area contributed by atoms with E-state index in [1.165, 1.54) is 15.9 Å². The number of fused-ring (bicyclic) bond motifs is 1. The number of rotatable bonds is 7. The molecule has 174 valence electrons. The van der Waals surface area contributed by atoms with Crippen LogP contribution in [0, 0.1) is 6.92 Å². The van der Waals surface area contributed by atoms with Gasteiger partial charge in [-0.15, -0.1) is 0 Å². The fourth-order valence-electron chi connectivity index (χ4n) is 4.51. The van der Waals surface area contributed by atoms with Gasteiger partial charge in [-0.3, -0.25) is 9.78 Å². The first-order chi connectivity index (χ1) is 16.4. The molecule has 6 nitrogen and oxygen atoms in total. The van der Waals surface area contributed by atoms with Gasteiger partial charge in [-0.05, 0) is 55.5 Å². The lowest BCUT2D eigenvalue weighted by Gasteiger charge is -2.21. The minimum Gasteiger partial charge on any atom is -0.443 e. The largest absolute Gasteiger partial charge is 0.443 e. The summed E-state index contributed by atoms with van der Waals surface area (Å²) >= 11 is 0. The van der Waals surface area contributed by atoms with Crippen LogP contribution in [0.3, 0.4) is 0 Å². The van der Waals surface area contributed by atoms with Crippen molar-refractivity contribution >= 4 is 26.8 Å². The van der Waals surface area contributed by atoms with Gasteiger partial charge >= 0.3 is 0 Å². The van der Waals surface area contributed by atoms with Crippen LogP contribution in [0.5, 0.6) is 0 Å². The lowest BCUT2D eigenvalue weighted by atomic mass is 10.0. The molecule has 1 atom stereocenters. The topological polar surface area (TPSA) is 80.5 Å². The van der Waals surface area contributed by atoms with E-state index in [0.717, 1.165) is 22.2 Å². The average Bonchev–Trinajstić information content (AvgIpc) is 3.51. The first kappa shape index (κ1) is 22.5. The number of aromatic nitrogens is 1. The van der Waals surface area contributed by atoms with Crippen LogP contribution in [0.4, 0.5) is 0 Å². The van der Waals surface area contributed by atoms with E-state index in [2.05, 4.69) is 29.2 Å². The normalized spacial score (nSPS) is 16.8. The van der Waals surface area contributed by atoms with Crippen molar-refractivity contribution in [2.75, 3.05) is 6.54 Å². The molecule has 3 heterocycles. The lowest BCUT2D eigenvalue weighted by molar-refractivity contribution is -0.122. The number of aryl methyl sites for hydroxylation is 2. The highest BCUT2D eigenvalue weighted by molar-refractivity contribution is 7.89. The summed E-state index contributed by atoms with van der Waals surface area (Å²) in [6.45, 7) is 2.37. The molecular weight excluding hydrogens is 448 g/mol. The number of furan rings is 1. The molecule has 0 bridgehead atoms. The molecule has 2 aromatic carbocycles. The number of sulfonamides is 1. The summed E-state index contributed by atoms with van der Waals surface area (Å²) in [5.41, 5.74) is 4.67. The third kappa shape index (κ3) is 4.41. The van der Waals surface area contributed by atoms with Gasteiger partial charge in [-0.25, -0.2) is 8.42 Å². The Labute approximate surface area is 199 Å². The van der Waals surface area contributed by atoms with Crippen molar-refractivity contribution in [2.24, 2.45) is 0 Å². The first-order valence-electron chi connectivity index (χ1n) is 11.5. The van der Waals surface area contributed by atoms with Gasteiger partial charge in [0.05, 0.1) is 6.04 Å². The number of hydrogen-bond acceptors (Lipinski definition) is 5. The van der Waals surface area contributed by atoms with Crippen LogP contribution in [-0.2, 0) is 21.2 Å². The summed E-state index contributed by atoms with van der Waals surface area (Å²) in [5, 5.41) is 0.614. The number of carbonyl (C=O) groups excluding carboxylic acids is 1. The molecule has 34 heavy (non-hydrogen) atoms. The van der Waals surface area contributed by atoms with Gasteiger partial charge in [0.1, 0.15) is 5.58 Å². The van der Waals surface area contributed by atoms with Gasteiger partial charge in [-0.1, -0.05) is 48.0 Å². The molecule has 0 spiro atoms. The Morgan fingerprint density at radius 2 is 1.85 bits per heavy atom. The molecule has 2 aromatic heterocycles. The molecule has 0 aliphatic carbocycles. The molecule has 1 aliphatic rings. The summed E-state index contributed by atoms with van der Waals surface area (Å²) in [7, 11) is -3.89. The maximum Gasteiger partial charge on any atom is 0.277 e. The number of hydrogen-bond donors (Lipinski definition) is 0. The molecule has 4 aromatic rings. The summed E-state index contributed by atoms with van der Waals surface area (Å²) in [5.74, 6) is -0.0836. The number of pyridine rings is 1. The van der Waals surface area contributed by atoms with Crippen LogP contribution in [0.25, 0.3) is 22.1 Å². The minimum atomic E-state index is -3.89. The van der Waals surface area contributed by atoms with Gasteiger partial charge in [0, 0.05) is 36.3 Å². The average molecular weight is 475 g/mol. The second-order valence-corrected chi connectivity index (χ2v) is 10.6. The summed E-state index contributed by atoms with van der Waals surface area (Å²) in [6, 6.07) is 20.3. The van der Waals surface area contributed by atoms with E-state index in [1.54, 1.807) is 18.3 Å². The van der Waals surface area contributed by atoms with Crippen LogP contribution in [-0.4, -0.2) is 36.1 Å². The monoisotopic (exact) mass is 474 g/mol. The number of carbonyl (C=O) groups is 1. The van der Waals surface area contributed by atoms with E-state index in [0.29, 0.717) is 31.4 Å². The van der Waals surface area contributed by atoms with Crippen LogP contribution in [0.2, 0.25) is 0 Å². The third-order valence-electron chi connectivity index (χ3n) is 6.37. The Bertz CT molecular complexity index is 1410. The Morgan fingerprint density at radius 3 is 2.65 bits per heavy atom. The SMILES string of the molecule is Cc1ccc(-c2ccnc(CCC(=O)[C@@H]3CCCN3S(=O)(=O)c3cc4ccccc4o3)c2)cc1. The maximum absolute atomic E-state index is 13.3. The molecule has 0 saturated carbocycles. The lowest BCUT2D eigenvalue weighted by Crippen LogP contribution is -2.40. The second kappa shape index (κ2) is 9.16. The fraction of sp³-hybridized carbons (Fsp3) is 0.259. The Hall–Kier alpha value is -3.29. The molecule has 1 aliphatic heterocycles. The second-order valence-electron chi connectivity index (χ2n) is 8.75. The predicted octanol–water partition coefficient (Wildman–Crippen LogP) is 5.16. The fourth-order valence-corrected chi connectivity index (χ4v) is 6.14. The number of para-hydroxylation sites is 1. The number of nitrogens with zero attached hydrogens (tertiary/aromatic N) is 2. The third-order valence-corrected chi connectivity index (χ3v) is 8.13. The number of benzene rings is 2. The van der Waals surface area contributed by atoms with Gasteiger partial charge in [-0.2, -0.15) is 4.31 Å². The van der Waals surface area contributed by atoms with Gasteiger partial charge in [0.15, 0.2) is 5.78 Å². The van der Waals surface area contributed by atoms with E-state index in [9.17, 15) is 13.2 Å². The van der Waals surface area contributed by atoms with Crippen LogP contribution in [0.1, 0.15) is 30.5 Å². The van der Waals surface area contributed by atoms with Crippen molar-refractivity contribution in [1.29, 1.82) is 0 Å². The highest BCUT2D eigenvalue weighted by atomic mass is 32.2. The van der Waals surface area contributed by atoms with Crippen molar-refractivity contribution < 1.29 is 17.6 Å². The van der Waals surface area contributed by atoms with Gasteiger partial charge in [0.2, 0.25) is 5.09 Å². The van der Waals surface area contributed by atoms with Crippen molar-refractivity contribution in [3.8, 4) is 11.1 Å². The minimum absolute atomic E-state index is 0.0836. The predicted molar refractivity (Wildman–Crippen MR) is 131 cm³/mol. The zero-order chi connectivity index (χ0) is 23.7. The molecular formula is C27H26N2O4S. The quantitative estimate of drug-likeness (QED) is 0.370. The zero-order valence-corrected chi connectivity index (χ0v) is 19.8. The molecule has 0 N–H and O–H groups in total. The Kier molecular flexibility index (Phi) is 6.06. The van der Waals surface area contributed by atoms with Gasteiger partial charge in [0.25, 0.3) is 10.0 Å². The zero-order valence-electron chi connectivity index (χ0n) is 19.0. The van der Waals surface area contributed by atoms with Crippen molar-refractivity contribution in [1.82, 2.24) is 9.29 Å². The maximum atomic E-state index is 13.3. The molecule has 0 unspecified atom stereocenters. The highest BCUT2D eigenvalue weighted by Crippen LogP contribution is 2.31. The van der Waals surface area contributed by atoms with Crippen LogP contribution >= 0.6 is 0 Å². The van der Waals surface area contributed by atoms with Crippen molar-refractivity contribution in [3.63, 3.8) is 0 Å². The molecule has 0 radical (unpaired) electrons. The molecule has 0 amide bonds. The highest BCUT2D eigenvalue weighted by Gasteiger charge is 2.40. The van der Waals surface area contributed by atoms with Crippen LogP contribution in [0.15, 0.2) is 82.4 Å². The van der Waals surface area contributed by atoms with Crippen LogP contribution < -0.4 is 0 Å². The molecule has 5 rings (SSSR count). The smallest absolute Gasteiger partial charge is 0.277 e. The molecule has 1 fully saturated rings. The van der Waals surface area contributed by atoms with E-state index in [4.69, 9.17) is 4.42 Å². The molecule has 7 heteroatoms. The van der Waals surface area contributed by atoms with E-state index in [1.807, 2.05) is 31.2 Å². The summed E-state index contributed by atoms with van der Waals surface area (Å²) in [4.78, 5) is 17.5. The van der Waals surface area contributed by atoms with Crippen molar-refractivity contribution in [3.05, 3.63) is 84.2 Å². The first-order valence-corrected chi connectivity index (χ1v) is 12.9. The molecule has 1 saturated heterocycles.